The minimum atomic E-state index is -0.530. The van der Waals surface area contributed by atoms with Crippen LogP contribution in [0, 0.1) is 5.92 Å². The fourth-order valence-corrected chi connectivity index (χ4v) is 2.33. The van der Waals surface area contributed by atoms with Crippen LogP contribution in [-0.2, 0) is 14.3 Å². The molecule has 0 aliphatic carbocycles. The van der Waals surface area contributed by atoms with Crippen molar-refractivity contribution in [2.75, 3.05) is 19.8 Å². The van der Waals surface area contributed by atoms with Crippen molar-refractivity contribution in [1.82, 2.24) is 5.32 Å². The number of amides is 1. The van der Waals surface area contributed by atoms with E-state index in [1.165, 1.54) is 0 Å². The van der Waals surface area contributed by atoms with Crippen LogP contribution in [0.25, 0.3) is 0 Å². The Hall–Kier alpha value is -2.08. The Morgan fingerprint density at radius 2 is 1.96 bits per heavy atom. The molecule has 0 radical (unpaired) electrons. The molecule has 2 rings (SSSR count). The fourth-order valence-electron chi connectivity index (χ4n) is 2.33. The van der Waals surface area contributed by atoms with E-state index in [1.54, 1.807) is 24.3 Å². The van der Waals surface area contributed by atoms with Crippen molar-refractivity contribution >= 4 is 11.9 Å². The number of hydrogen-bond acceptors (Lipinski definition) is 5. The number of esters is 1. The van der Waals surface area contributed by atoms with Gasteiger partial charge in [-0.05, 0) is 49.9 Å². The summed E-state index contributed by atoms with van der Waals surface area (Å²) < 4.78 is 16.2. The Bertz CT molecular complexity index is 564. The summed E-state index contributed by atoms with van der Waals surface area (Å²) in [5, 5.41) is 2.79. The highest BCUT2D eigenvalue weighted by Gasteiger charge is 2.16. The Morgan fingerprint density at radius 3 is 2.56 bits per heavy atom. The Kier molecular flexibility index (Phi) is 7.25. The summed E-state index contributed by atoms with van der Waals surface area (Å²) in [6, 6.07) is 6.72. The van der Waals surface area contributed by atoms with Crippen molar-refractivity contribution in [3.05, 3.63) is 29.8 Å². The summed E-state index contributed by atoms with van der Waals surface area (Å²) in [5.74, 6) is 0.168. The maximum absolute atomic E-state index is 12.0. The van der Waals surface area contributed by atoms with E-state index in [9.17, 15) is 9.59 Å². The summed E-state index contributed by atoms with van der Waals surface area (Å²) in [6.07, 6.45) is 2.24. The number of hydrogen-bond donors (Lipinski definition) is 1. The summed E-state index contributed by atoms with van der Waals surface area (Å²) >= 11 is 0. The first-order valence-electron chi connectivity index (χ1n) is 8.76. The molecule has 0 unspecified atom stereocenters. The van der Waals surface area contributed by atoms with Gasteiger partial charge in [0.05, 0.1) is 11.7 Å². The molecule has 1 aromatic rings. The summed E-state index contributed by atoms with van der Waals surface area (Å²) in [5.41, 5.74) is 0.383. The minimum Gasteiger partial charge on any atom is -0.491 e. The summed E-state index contributed by atoms with van der Waals surface area (Å²) in [4.78, 5) is 23.7. The molecule has 1 fully saturated rings. The van der Waals surface area contributed by atoms with Crippen LogP contribution in [0.4, 0.5) is 0 Å². The van der Waals surface area contributed by atoms with Crippen LogP contribution in [0.1, 0.15) is 44.0 Å². The van der Waals surface area contributed by atoms with Crippen molar-refractivity contribution in [2.45, 2.75) is 45.8 Å². The van der Waals surface area contributed by atoms with E-state index >= 15 is 0 Å². The van der Waals surface area contributed by atoms with Crippen LogP contribution in [0.2, 0.25) is 0 Å². The Labute approximate surface area is 148 Å². The lowest BCUT2D eigenvalue weighted by Gasteiger charge is -2.17. The van der Waals surface area contributed by atoms with Gasteiger partial charge in [-0.3, -0.25) is 4.79 Å². The second-order valence-corrected chi connectivity index (χ2v) is 6.65. The van der Waals surface area contributed by atoms with Gasteiger partial charge in [-0.1, -0.05) is 13.8 Å². The van der Waals surface area contributed by atoms with E-state index in [4.69, 9.17) is 14.2 Å². The zero-order valence-corrected chi connectivity index (χ0v) is 15.1. The van der Waals surface area contributed by atoms with E-state index in [-0.39, 0.29) is 24.7 Å². The molecule has 1 amide bonds. The molecule has 1 saturated heterocycles. The molecule has 1 aromatic carbocycles. The predicted octanol–water partition coefficient (Wildman–Crippen LogP) is 2.56. The highest BCUT2D eigenvalue weighted by atomic mass is 16.5. The van der Waals surface area contributed by atoms with Gasteiger partial charge in [-0.2, -0.15) is 0 Å². The number of carbonyl (C=O) groups is 2. The Morgan fingerprint density at radius 1 is 1.24 bits per heavy atom. The van der Waals surface area contributed by atoms with Crippen molar-refractivity contribution in [2.24, 2.45) is 5.92 Å². The monoisotopic (exact) mass is 349 g/mol. The van der Waals surface area contributed by atoms with E-state index in [2.05, 4.69) is 5.32 Å². The second kappa shape index (κ2) is 9.42. The lowest BCUT2D eigenvalue weighted by molar-refractivity contribution is -0.125. The molecule has 1 aliphatic rings. The first-order valence-corrected chi connectivity index (χ1v) is 8.76. The molecular weight excluding hydrogens is 322 g/mol. The molecule has 0 aromatic heterocycles. The van der Waals surface area contributed by atoms with Crippen LogP contribution in [0.15, 0.2) is 24.3 Å². The topological polar surface area (TPSA) is 73.9 Å². The fraction of sp³-hybridized carbons (Fsp3) is 0.579. The molecule has 0 spiro atoms. The number of benzene rings is 1. The molecule has 6 heteroatoms. The minimum absolute atomic E-state index is 0.0338. The standard InChI is InChI=1S/C19H27NO5/c1-13(2)14(3)20-18(21)12-25-19(22)15-6-8-16(9-7-15)24-11-17-5-4-10-23-17/h6-9,13-14,17H,4-5,10-12H2,1-3H3,(H,20,21)/t14-,17+/m1/s1. The molecule has 6 nitrogen and oxygen atoms in total. The number of nitrogens with one attached hydrogen (secondary N) is 1. The van der Waals surface area contributed by atoms with Crippen molar-refractivity contribution in [1.29, 1.82) is 0 Å². The van der Waals surface area contributed by atoms with Gasteiger partial charge in [0, 0.05) is 12.6 Å². The molecule has 1 heterocycles. The van der Waals surface area contributed by atoms with E-state index in [1.807, 2.05) is 20.8 Å². The second-order valence-electron chi connectivity index (χ2n) is 6.65. The first-order chi connectivity index (χ1) is 12.0. The smallest absolute Gasteiger partial charge is 0.338 e. The SMILES string of the molecule is CC(C)[C@@H](C)NC(=O)COC(=O)c1ccc(OC[C@@H]2CCCO2)cc1. The lowest BCUT2D eigenvalue weighted by atomic mass is 10.1. The van der Waals surface area contributed by atoms with E-state index in [0.717, 1.165) is 19.4 Å². The van der Waals surface area contributed by atoms with Crippen molar-refractivity contribution in [3.63, 3.8) is 0 Å². The molecule has 1 aliphatic heterocycles. The molecule has 2 atom stereocenters. The third-order valence-corrected chi connectivity index (χ3v) is 4.27. The van der Waals surface area contributed by atoms with Gasteiger partial charge in [-0.15, -0.1) is 0 Å². The molecule has 138 valence electrons. The molecular formula is C19H27NO5. The molecule has 0 bridgehead atoms. The largest absolute Gasteiger partial charge is 0.491 e. The quantitative estimate of drug-likeness (QED) is 0.730. The van der Waals surface area contributed by atoms with Gasteiger partial charge in [0.25, 0.3) is 5.91 Å². The third kappa shape index (κ3) is 6.38. The third-order valence-electron chi connectivity index (χ3n) is 4.27. The van der Waals surface area contributed by atoms with Crippen LogP contribution in [-0.4, -0.2) is 43.8 Å². The van der Waals surface area contributed by atoms with Crippen molar-refractivity contribution < 1.29 is 23.8 Å². The summed E-state index contributed by atoms with van der Waals surface area (Å²) in [6.45, 7) is 6.96. The Balaban J connectivity index is 1.74. The van der Waals surface area contributed by atoms with E-state index in [0.29, 0.717) is 23.8 Å². The zero-order valence-electron chi connectivity index (χ0n) is 15.1. The van der Waals surface area contributed by atoms with Gasteiger partial charge >= 0.3 is 5.97 Å². The average molecular weight is 349 g/mol. The van der Waals surface area contributed by atoms with Crippen LogP contribution in [0.5, 0.6) is 5.75 Å². The normalized spacial score (nSPS) is 18.0. The van der Waals surface area contributed by atoms with Crippen LogP contribution in [0.3, 0.4) is 0 Å². The van der Waals surface area contributed by atoms with Gasteiger partial charge in [0.2, 0.25) is 0 Å². The molecule has 25 heavy (non-hydrogen) atoms. The predicted molar refractivity (Wildman–Crippen MR) is 93.6 cm³/mol. The van der Waals surface area contributed by atoms with E-state index < -0.39 is 5.97 Å². The average Bonchev–Trinajstić information content (AvgIpc) is 3.11. The summed E-state index contributed by atoms with van der Waals surface area (Å²) in [7, 11) is 0. The maximum atomic E-state index is 12.0. The molecule has 0 saturated carbocycles. The highest BCUT2D eigenvalue weighted by molar-refractivity contribution is 5.91. The number of rotatable bonds is 8. The van der Waals surface area contributed by atoms with Crippen molar-refractivity contribution in [3.8, 4) is 5.75 Å². The maximum Gasteiger partial charge on any atom is 0.338 e. The van der Waals surface area contributed by atoms with Gasteiger partial charge < -0.3 is 19.5 Å². The van der Waals surface area contributed by atoms with Gasteiger partial charge in [0.1, 0.15) is 12.4 Å². The van der Waals surface area contributed by atoms with Crippen LogP contribution >= 0.6 is 0 Å². The molecule has 1 N–H and O–H groups in total. The van der Waals surface area contributed by atoms with Gasteiger partial charge in [-0.25, -0.2) is 4.79 Å². The van der Waals surface area contributed by atoms with Crippen LogP contribution < -0.4 is 10.1 Å². The van der Waals surface area contributed by atoms with Gasteiger partial charge in [0.15, 0.2) is 6.61 Å². The first kappa shape index (κ1) is 19.2. The number of ether oxygens (including phenoxy) is 3. The zero-order chi connectivity index (χ0) is 18.2. The number of carbonyl (C=O) groups excluding carboxylic acids is 2. The lowest BCUT2D eigenvalue weighted by Crippen LogP contribution is -2.38. The highest BCUT2D eigenvalue weighted by Crippen LogP contribution is 2.17.